The number of ether oxygens (including phenoxy) is 1. The molecule has 0 aliphatic carbocycles. The molecule has 0 aliphatic rings. The van der Waals surface area contributed by atoms with Crippen LogP contribution in [0.5, 0.6) is 5.75 Å². The van der Waals surface area contributed by atoms with Gasteiger partial charge in [0.1, 0.15) is 5.75 Å². The highest BCUT2D eigenvalue weighted by Gasteiger charge is 2.22. The fourth-order valence-corrected chi connectivity index (χ4v) is 1.52. The van der Waals surface area contributed by atoms with Crippen molar-refractivity contribution in [3.05, 3.63) is 23.2 Å². The van der Waals surface area contributed by atoms with E-state index in [9.17, 15) is 4.79 Å². The summed E-state index contributed by atoms with van der Waals surface area (Å²) < 4.78 is 5.17. The van der Waals surface area contributed by atoms with E-state index in [0.717, 1.165) is 0 Å². The number of amides is 2. The summed E-state index contributed by atoms with van der Waals surface area (Å²) in [6, 6.07) is 4.84. The number of rotatable bonds is 3. The van der Waals surface area contributed by atoms with Crippen molar-refractivity contribution < 1.29 is 9.53 Å². The van der Waals surface area contributed by atoms with Gasteiger partial charge in [-0.1, -0.05) is 32.4 Å². The first-order valence-corrected chi connectivity index (χ1v) is 6.53. The van der Waals surface area contributed by atoms with Gasteiger partial charge < -0.3 is 15.4 Å². The van der Waals surface area contributed by atoms with Crippen LogP contribution in [0.1, 0.15) is 27.7 Å². The van der Waals surface area contributed by atoms with Gasteiger partial charge >= 0.3 is 6.03 Å². The number of carbonyl (C=O) groups excluding carboxylic acids is 1. The second kappa shape index (κ2) is 6.15. The maximum Gasteiger partial charge on any atom is 0.319 e. The molecule has 2 amide bonds. The fourth-order valence-electron chi connectivity index (χ4n) is 1.35. The Hall–Kier alpha value is -1.42. The number of carbonyl (C=O) groups is 1. The Balaban J connectivity index is 2.75. The van der Waals surface area contributed by atoms with Crippen LogP contribution in [0.25, 0.3) is 0 Å². The number of halogens is 1. The lowest BCUT2D eigenvalue weighted by atomic mass is 9.88. The molecule has 1 rings (SSSR count). The summed E-state index contributed by atoms with van der Waals surface area (Å²) in [5, 5.41) is 6.18. The summed E-state index contributed by atoms with van der Waals surface area (Å²) in [6.45, 7) is 8.17. The van der Waals surface area contributed by atoms with Crippen LogP contribution in [0.4, 0.5) is 10.5 Å². The number of hydrogen-bond donors (Lipinski definition) is 2. The Morgan fingerprint density at radius 3 is 2.53 bits per heavy atom. The van der Waals surface area contributed by atoms with E-state index in [1.165, 1.54) is 0 Å². The van der Waals surface area contributed by atoms with Crippen molar-refractivity contribution in [2.45, 2.75) is 33.7 Å². The molecule has 106 valence electrons. The standard InChI is InChI=1S/C14H21ClN2O2/c1-9(14(2,3)4)16-13(18)17-11-8-10(15)6-7-12(11)19-5/h6-9H,1-5H3,(H2,16,17,18)/t9-/m0/s1. The van der Waals surface area contributed by atoms with Crippen molar-refractivity contribution in [3.63, 3.8) is 0 Å². The van der Waals surface area contributed by atoms with Crippen molar-refractivity contribution in [1.29, 1.82) is 0 Å². The van der Waals surface area contributed by atoms with Crippen molar-refractivity contribution in [2.24, 2.45) is 5.41 Å². The molecule has 0 heterocycles. The number of methoxy groups -OCH3 is 1. The fraction of sp³-hybridized carbons (Fsp3) is 0.500. The van der Waals surface area contributed by atoms with Crippen molar-refractivity contribution >= 4 is 23.3 Å². The van der Waals surface area contributed by atoms with Gasteiger partial charge in [0, 0.05) is 11.1 Å². The molecule has 0 aliphatic heterocycles. The first-order chi connectivity index (χ1) is 8.74. The third-order valence-corrected chi connectivity index (χ3v) is 3.29. The molecule has 0 radical (unpaired) electrons. The Morgan fingerprint density at radius 1 is 1.37 bits per heavy atom. The molecular formula is C14H21ClN2O2. The van der Waals surface area contributed by atoms with Gasteiger partial charge in [-0.25, -0.2) is 4.79 Å². The summed E-state index contributed by atoms with van der Waals surface area (Å²) >= 11 is 5.91. The van der Waals surface area contributed by atoms with E-state index in [1.807, 2.05) is 6.92 Å². The Labute approximate surface area is 119 Å². The van der Waals surface area contributed by atoms with Crippen LogP contribution in [-0.2, 0) is 0 Å². The molecule has 0 fully saturated rings. The molecule has 0 saturated heterocycles. The van der Waals surface area contributed by atoms with Gasteiger partial charge in [-0.3, -0.25) is 0 Å². The van der Waals surface area contributed by atoms with Gasteiger partial charge in [0.2, 0.25) is 0 Å². The number of nitrogens with one attached hydrogen (secondary N) is 2. The van der Waals surface area contributed by atoms with Crippen LogP contribution in [0, 0.1) is 5.41 Å². The zero-order valence-corrected chi connectivity index (χ0v) is 12.8. The largest absolute Gasteiger partial charge is 0.495 e. The normalized spacial score (nSPS) is 12.7. The van der Waals surface area contributed by atoms with Crippen LogP contribution in [0.15, 0.2) is 18.2 Å². The highest BCUT2D eigenvalue weighted by Crippen LogP contribution is 2.27. The molecule has 1 aromatic rings. The minimum Gasteiger partial charge on any atom is -0.495 e. The van der Waals surface area contributed by atoms with Gasteiger partial charge in [0.05, 0.1) is 12.8 Å². The lowest BCUT2D eigenvalue weighted by Gasteiger charge is -2.28. The molecule has 0 saturated carbocycles. The molecule has 0 spiro atoms. The van der Waals surface area contributed by atoms with E-state index >= 15 is 0 Å². The first-order valence-electron chi connectivity index (χ1n) is 6.15. The smallest absolute Gasteiger partial charge is 0.319 e. The molecule has 0 bridgehead atoms. The SMILES string of the molecule is COc1ccc(Cl)cc1NC(=O)N[C@@H](C)C(C)(C)C. The number of anilines is 1. The van der Waals surface area contributed by atoms with Crippen LogP contribution in [0.3, 0.4) is 0 Å². The number of hydrogen-bond acceptors (Lipinski definition) is 2. The van der Waals surface area contributed by atoms with Gasteiger partial charge in [0.25, 0.3) is 0 Å². The summed E-state index contributed by atoms with van der Waals surface area (Å²) in [5.74, 6) is 0.572. The van der Waals surface area contributed by atoms with Crippen LogP contribution in [0.2, 0.25) is 5.02 Å². The van der Waals surface area contributed by atoms with E-state index in [-0.39, 0.29) is 17.5 Å². The molecule has 4 nitrogen and oxygen atoms in total. The van der Waals surface area contributed by atoms with E-state index in [4.69, 9.17) is 16.3 Å². The summed E-state index contributed by atoms with van der Waals surface area (Å²) in [7, 11) is 1.55. The predicted octanol–water partition coefficient (Wildman–Crippen LogP) is 3.90. The van der Waals surface area contributed by atoms with E-state index < -0.39 is 0 Å². The Morgan fingerprint density at radius 2 is 2.00 bits per heavy atom. The molecule has 2 N–H and O–H groups in total. The van der Waals surface area contributed by atoms with Crippen LogP contribution < -0.4 is 15.4 Å². The van der Waals surface area contributed by atoms with Gasteiger partial charge in [-0.15, -0.1) is 0 Å². The second-order valence-electron chi connectivity index (χ2n) is 5.53. The molecule has 0 aromatic heterocycles. The van der Waals surface area contributed by atoms with Crippen molar-refractivity contribution in [2.75, 3.05) is 12.4 Å². The number of urea groups is 1. The average molecular weight is 285 g/mol. The predicted molar refractivity (Wildman–Crippen MR) is 79.1 cm³/mol. The van der Waals surface area contributed by atoms with Gasteiger partial charge in [0.15, 0.2) is 0 Å². The van der Waals surface area contributed by atoms with Crippen molar-refractivity contribution in [3.8, 4) is 5.75 Å². The third-order valence-electron chi connectivity index (χ3n) is 3.06. The highest BCUT2D eigenvalue weighted by atomic mass is 35.5. The van der Waals surface area contributed by atoms with Crippen LogP contribution in [-0.4, -0.2) is 19.2 Å². The quantitative estimate of drug-likeness (QED) is 0.884. The monoisotopic (exact) mass is 284 g/mol. The maximum absolute atomic E-state index is 11.9. The van der Waals surface area contributed by atoms with E-state index in [1.54, 1.807) is 25.3 Å². The van der Waals surface area contributed by atoms with Gasteiger partial charge in [-0.2, -0.15) is 0 Å². The molecule has 5 heteroatoms. The molecule has 1 atom stereocenters. The van der Waals surface area contributed by atoms with Gasteiger partial charge in [-0.05, 0) is 30.5 Å². The third kappa shape index (κ3) is 4.63. The summed E-state index contributed by atoms with van der Waals surface area (Å²) in [4.78, 5) is 11.9. The Kier molecular flexibility index (Phi) is 5.06. The average Bonchev–Trinajstić information content (AvgIpc) is 2.27. The minimum atomic E-state index is -0.275. The maximum atomic E-state index is 11.9. The highest BCUT2D eigenvalue weighted by molar-refractivity contribution is 6.31. The molecule has 1 aromatic carbocycles. The lowest BCUT2D eigenvalue weighted by molar-refractivity contribution is 0.233. The topological polar surface area (TPSA) is 50.4 Å². The number of benzene rings is 1. The zero-order chi connectivity index (χ0) is 14.6. The Bertz CT molecular complexity index is 455. The lowest BCUT2D eigenvalue weighted by Crippen LogP contribution is -2.43. The second-order valence-corrected chi connectivity index (χ2v) is 5.97. The van der Waals surface area contributed by atoms with E-state index in [0.29, 0.717) is 16.5 Å². The molecule has 19 heavy (non-hydrogen) atoms. The molecular weight excluding hydrogens is 264 g/mol. The summed E-state index contributed by atoms with van der Waals surface area (Å²) in [5.41, 5.74) is 0.545. The minimum absolute atomic E-state index is 0.00421. The molecule has 0 unspecified atom stereocenters. The first kappa shape index (κ1) is 15.6. The summed E-state index contributed by atoms with van der Waals surface area (Å²) in [6.07, 6.45) is 0. The van der Waals surface area contributed by atoms with Crippen molar-refractivity contribution in [1.82, 2.24) is 5.32 Å². The van der Waals surface area contributed by atoms with E-state index in [2.05, 4.69) is 31.4 Å². The van der Waals surface area contributed by atoms with Crippen LogP contribution >= 0.6 is 11.6 Å². The zero-order valence-electron chi connectivity index (χ0n) is 12.0.